The highest BCUT2D eigenvalue weighted by molar-refractivity contribution is 5.79. The SMILES string of the molecule is CN.Cn1ccc2ccccc21. The average Bonchev–Trinajstić information content (AvgIpc) is 2.53. The standard InChI is InChI=1S/C9H9N.CH5N/c1-10-7-6-8-4-2-3-5-9(8)10;1-2/h2-7H,1H3;2H2,1H3. The predicted molar refractivity (Wildman–Crippen MR) is 53.0 cm³/mol. The van der Waals surface area contributed by atoms with Crippen LogP contribution >= 0.6 is 0 Å². The van der Waals surface area contributed by atoms with Gasteiger partial charge in [0.05, 0.1) is 0 Å². The highest BCUT2D eigenvalue weighted by atomic mass is 14.9. The zero-order valence-corrected chi connectivity index (χ0v) is 7.49. The van der Waals surface area contributed by atoms with Crippen molar-refractivity contribution >= 4 is 10.9 Å². The van der Waals surface area contributed by atoms with Crippen molar-refractivity contribution in [2.75, 3.05) is 7.05 Å². The molecule has 1 heterocycles. The molecule has 2 aromatic rings. The van der Waals surface area contributed by atoms with Crippen LogP contribution in [0.1, 0.15) is 0 Å². The van der Waals surface area contributed by atoms with Gasteiger partial charge in [-0.25, -0.2) is 0 Å². The van der Waals surface area contributed by atoms with Crippen molar-refractivity contribution in [2.24, 2.45) is 12.8 Å². The monoisotopic (exact) mass is 162 g/mol. The van der Waals surface area contributed by atoms with Gasteiger partial charge in [0.2, 0.25) is 0 Å². The number of rotatable bonds is 0. The first-order chi connectivity index (χ1) is 5.88. The third kappa shape index (κ3) is 1.48. The Morgan fingerprint density at radius 2 is 1.75 bits per heavy atom. The summed E-state index contributed by atoms with van der Waals surface area (Å²) in [6, 6.07) is 10.5. The number of nitrogens with zero attached hydrogens (tertiary/aromatic N) is 1. The van der Waals surface area contributed by atoms with Gasteiger partial charge in [0.1, 0.15) is 0 Å². The number of hydrogen-bond donors (Lipinski definition) is 1. The molecule has 0 aliphatic heterocycles. The van der Waals surface area contributed by atoms with Crippen molar-refractivity contribution in [3.8, 4) is 0 Å². The first kappa shape index (κ1) is 8.81. The molecule has 1 aromatic heterocycles. The Morgan fingerprint density at radius 1 is 1.08 bits per heavy atom. The molecule has 0 amide bonds. The molecule has 0 fully saturated rings. The molecular weight excluding hydrogens is 148 g/mol. The molecule has 0 saturated carbocycles. The lowest BCUT2D eigenvalue weighted by Gasteiger charge is -1.92. The topological polar surface area (TPSA) is 30.9 Å². The van der Waals surface area contributed by atoms with E-state index in [2.05, 4.69) is 53.9 Å². The van der Waals surface area contributed by atoms with Gasteiger partial charge < -0.3 is 10.3 Å². The summed E-state index contributed by atoms with van der Waals surface area (Å²) >= 11 is 0. The van der Waals surface area contributed by atoms with Crippen LogP contribution in [0, 0.1) is 0 Å². The zero-order valence-electron chi connectivity index (χ0n) is 7.49. The summed E-state index contributed by atoms with van der Waals surface area (Å²) in [5, 5.41) is 1.31. The summed E-state index contributed by atoms with van der Waals surface area (Å²) in [6.45, 7) is 0. The normalized spacial score (nSPS) is 9.25. The van der Waals surface area contributed by atoms with Crippen LogP contribution in [-0.4, -0.2) is 11.6 Å². The molecule has 2 heteroatoms. The van der Waals surface area contributed by atoms with Crippen molar-refractivity contribution in [1.29, 1.82) is 0 Å². The zero-order chi connectivity index (χ0) is 8.97. The lowest BCUT2D eigenvalue weighted by atomic mass is 10.2. The molecule has 0 unspecified atom stereocenters. The van der Waals surface area contributed by atoms with E-state index < -0.39 is 0 Å². The summed E-state index contributed by atoms with van der Waals surface area (Å²) in [4.78, 5) is 0. The van der Waals surface area contributed by atoms with Gasteiger partial charge in [-0.3, -0.25) is 0 Å². The summed E-state index contributed by atoms with van der Waals surface area (Å²) in [6.07, 6.45) is 2.07. The van der Waals surface area contributed by atoms with Gasteiger partial charge in [0.25, 0.3) is 0 Å². The van der Waals surface area contributed by atoms with E-state index in [1.807, 2.05) is 0 Å². The second kappa shape index (κ2) is 3.93. The molecule has 0 atom stereocenters. The van der Waals surface area contributed by atoms with Gasteiger partial charge >= 0.3 is 0 Å². The molecule has 0 saturated heterocycles. The van der Waals surface area contributed by atoms with E-state index in [0.29, 0.717) is 0 Å². The van der Waals surface area contributed by atoms with Crippen LogP contribution < -0.4 is 5.73 Å². The van der Waals surface area contributed by atoms with Crippen LogP contribution in [0.4, 0.5) is 0 Å². The van der Waals surface area contributed by atoms with Gasteiger partial charge in [-0.15, -0.1) is 0 Å². The highest BCUT2D eigenvalue weighted by Crippen LogP contribution is 2.12. The second-order valence-corrected chi connectivity index (χ2v) is 2.49. The van der Waals surface area contributed by atoms with E-state index >= 15 is 0 Å². The summed E-state index contributed by atoms with van der Waals surface area (Å²) in [7, 11) is 3.56. The van der Waals surface area contributed by atoms with Crippen LogP contribution in [0.25, 0.3) is 10.9 Å². The Bertz CT molecular complexity index is 349. The average molecular weight is 162 g/mol. The Balaban J connectivity index is 0.000000336. The van der Waals surface area contributed by atoms with Crippen molar-refractivity contribution in [3.05, 3.63) is 36.5 Å². The number of fused-ring (bicyclic) bond motifs is 1. The number of benzene rings is 1. The fraction of sp³-hybridized carbons (Fsp3) is 0.200. The maximum Gasteiger partial charge on any atom is 0.0477 e. The summed E-state index contributed by atoms with van der Waals surface area (Å²) < 4.78 is 2.12. The highest BCUT2D eigenvalue weighted by Gasteiger charge is 1.92. The lowest BCUT2D eigenvalue weighted by Crippen LogP contribution is -1.81. The van der Waals surface area contributed by atoms with Crippen LogP contribution in [-0.2, 0) is 7.05 Å². The largest absolute Gasteiger partial charge is 0.351 e. The van der Waals surface area contributed by atoms with Crippen molar-refractivity contribution in [2.45, 2.75) is 0 Å². The molecule has 2 N–H and O–H groups in total. The van der Waals surface area contributed by atoms with Crippen molar-refractivity contribution in [3.63, 3.8) is 0 Å². The number of aryl methyl sites for hydroxylation is 1. The molecule has 0 aliphatic carbocycles. The fourth-order valence-electron chi connectivity index (χ4n) is 1.22. The molecule has 12 heavy (non-hydrogen) atoms. The van der Waals surface area contributed by atoms with Gasteiger partial charge in [-0.05, 0) is 24.6 Å². The first-order valence-corrected chi connectivity index (χ1v) is 3.96. The predicted octanol–water partition coefficient (Wildman–Crippen LogP) is 1.75. The van der Waals surface area contributed by atoms with Crippen molar-refractivity contribution < 1.29 is 0 Å². The molecular formula is C10H14N2. The van der Waals surface area contributed by atoms with Crippen molar-refractivity contribution in [1.82, 2.24) is 4.57 Å². The Morgan fingerprint density at radius 3 is 2.42 bits per heavy atom. The maximum absolute atomic E-state index is 4.50. The molecule has 1 aromatic carbocycles. The van der Waals surface area contributed by atoms with Gasteiger partial charge in [0.15, 0.2) is 0 Å². The Labute approximate surface area is 72.6 Å². The second-order valence-electron chi connectivity index (χ2n) is 2.49. The van der Waals surface area contributed by atoms with Gasteiger partial charge in [0, 0.05) is 18.8 Å². The fourth-order valence-corrected chi connectivity index (χ4v) is 1.22. The van der Waals surface area contributed by atoms with Crippen LogP contribution in [0.3, 0.4) is 0 Å². The molecule has 0 radical (unpaired) electrons. The molecule has 0 bridgehead atoms. The molecule has 0 spiro atoms. The Hall–Kier alpha value is -1.28. The lowest BCUT2D eigenvalue weighted by molar-refractivity contribution is 0.969. The van der Waals surface area contributed by atoms with E-state index in [4.69, 9.17) is 0 Å². The maximum atomic E-state index is 4.50. The smallest absolute Gasteiger partial charge is 0.0477 e. The van der Waals surface area contributed by atoms with Crippen LogP contribution in [0.15, 0.2) is 36.5 Å². The van der Waals surface area contributed by atoms with E-state index in [0.717, 1.165) is 0 Å². The van der Waals surface area contributed by atoms with Crippen LogP contribution in [0.5, 0.6) is 0 Å². The minimum absolute atomic E-state index is 1.29. The number of aromatic nitrogens is 1. The first-order valence-electron chi connectivity index (χ1n) is 3.96. The quantitative estimate of drug-likeness (QED) is 0.628. The van der Waals surface area contributed by atoms with Gasteiger partial charge in [-0.1, -0.05) is 18.2 Å². The molecule has 2 nitrogen and oxygen atoms in total. The summed E-state index contributed by atoms with van der Waals surface area (Å²) in [5.74, 6) is 0. The third-order valence-electron chi connectivity index (χ3n) is 1.79. The van der Waals surface area contributed by atoms with E-state index in [1.54, 1.807) is 0 Å². The Kier molecular flexibility index (Phi) is 2.88. The van der Waals surface area contributed by atoms with Gasteiger partial charge in [-0.2, -0.15) is 0 Å². The van der Waals surface area contributed by atoms with E-state index in [1.165, 1.54) is 18.0 Å². The van der Waals surface area contributed by atoms with Crippen LogP contribution in [0.2, 0.25) is 0 Å². The van der Waals surface area contributed by atoms with E-state index in [9.17, 15) is 0 Å². The number of nitrogens with two attached hydrogens (primary N) is 1. The summed E-state index contributed by atoms with van der Waals surface area (Å²) in [5.41, 5.74) is 5.79. The minimum Gasteiger partial charge on any atom is -0.351 e. The molecule has 0 aliphatic rings. The minimum atomic E-state index is 1.29. The number of hydrogen-bond acceptors (Lipinski definition) is 1. The molecule has 64 valence electrons. The third-order valence-corrected chi connectivity index (χ3v) is 1.79. The van der Waals surface area contributed by atoms with E-state index in [-0.39, 0.29) is 0 Å². The number of para-hydroxylation sites is 1. The molecule has 2 rings (SSSR count).